The molecule has 0 heterocycles. The molecule has 0 unspecified atom stereocenters. The van der Waals surface area contributed by atoms with Crippen LogP contribution in [0.15, 0.2) is 0 Å². The quantitative estimate of drug-likeness (QED) is 0.744. The number of hydrogen-bond acceptors (Lipinski definition) is 2. The molecule has 1 fully saturated rings. The fourth-order valence-electron chi connectivity index (χ4n) is 1.92. The van der Waals surface area contributed by atoms with Crippen molar-refractivity contribution in [2.75, 3.05) is 13.1 Å². The third-order valence-corrected chi connectivity index (χ3v) is 3.38. The summed E-state index contributed by atoms with van der Waals surface area (Å²) in [6.07, 6.45) is 4.01. The molecular weight excluding hydrogens is 220 g/mol. The standard InChI is InChI=1S/C12H22N2O3/c1-3-10(11(15)16)13-12(17)14(4-2)8-9-6-5-7-9/h9-10H,3-8H2,1-2H3,(H,13,17)(H,15,16)/t10-/m1/s1. The van der Waals surface area contributed by atoms with Gasteiger partial charge in [-0.2, -0.15) is 0 Å². The van der Waals surface area contributed by atoms with Crippen molar-refractivity contribution in [2.24, 2.45) is 5.92 Å². The van der Waals surface area contributed by atoms with Gasteiger partial charge in [0.1, 0.15) is 6.04 Å². The molecule has 5 heteroatoms. The van der Waals surface area contributed by atoms with Gasteiger partial charge >= 0.3 is 12.0 Å². The number of nitrogens with one attached hydrogen (secondary N) is 1. The Morgan fingerprint density at radius 2 is 2.06 bits per heavy atom. The second-order valence-electron chi connectivity index (χ2n) is 4.58. The number of urea groups is 1. The van der Waals surface area contributed by atoms with Gasteiger partial charge in [0, 0.05) is 13.1 Å². The van der Waals surface area contributed by atoms with Crippen molar-refractivity contribution < 1.29 is 14.7 Å². The molecule has 1 rings (SSSR count). The van der Waals surface area contributed by atoms with E-state index in [0.717, 1.165) is 6.54 Å². The molecule has 0 spiro atoms. The lowest BCUT2D eigenvalue weighted by Gasteiger charge is -2.32. The number of carboxylic acid groups (broad SMARTS) is 1. The first-order valence-electron chi connectivity index (χ1n) is 6.36. The zero-order chi connectivity index (χ0) is 12.8. The van der Waals surface area contributed by atoms with Crippen molar-refractivity contribution in [3.05, 3.63) is 0 Å². The van der Waals surface area contributed by atoms with Crippen LogP contribution < -0.4 is 5.32 Å². The molecule has 0 aromatic heterocycles. The molecule has 1 aliphatic rings. The monoisotopic (exact) mass is 242 g/mol. The smallest absolute Gasteiger partial charge is 0.326 e. The summed E-state index contributed by atoms with van der Waals surface area (Å²) in [5.74, 6) is -0.369. The Labute approximate surface area is 102 Å². The van der Waals surface area contributed by atoms with E-state index in [9.17, 15) is 9.59 Å². The first-order chi connectivity index (χ1) is 8.08. The molecular formula is C12H22N2O3. The zero-order valence-corrected chi connectivity index (χ0v) is 10.6. The number of hydrogen-bond donors (Lipinski definition) is 2. The van der Waals surface area contributed by atoms with Crippen LogP contribution in [-0.4, -0.2) is 41.1 Å². The molecule has 1 atom stereocenters. The Morgan fingerprint density at radius 3 is 2.41 bits per heavy atom. The third-order valence-electron chi connectivity index (χ3n) is 3.38. The van der Waals surface area contributed by atoms with E-state index in [1.165, 1.54) is 19.3 Å². The van der Waals surface area contributed by atoms with Gasteiger partial charge in [-0.15, -0.1) is 0 Å². The third kappa shape index (κ3) is 3.91. The largest absolute Gasteiger partial charge is 0.480 e. The fraction of sp³-hybridized carbons (Fsp3) is 0.833. The van der Waals surface area contributed by atoms with Gasteiger partial charge in [0.25, 0.3) is 0 Å². The van der Waals surface area contributed by atoms with Crippen LogP contribution in [0.25, 0.3) is 0 Å². The summed E-state index contributed by atoms with van der Waals surface area (Å²) in [6.45, 7) is 5.04. The van der Waals surface area contributed by atoms with Crippen LogP contribution in [0.3, 0.4) is 0 Å². The maximum absolute atomic E-state index is 11.9. The number of aliphatic carboxylic acids is 1. The Balaban J connectivity index is 2.44. The predicted octanol–water partition coefficient (Wildman–Crippen LogP) is 1.68. The topological polar surface area (TPSA) is 69.6 Å². The Hall–Kier alpha value is -1.26. The minimum Gasteiger partial charge on any atom is -0.480 e. The molecule has 0 bridgehead atoms. The molecule has 17 heavy (non-hydrogen) atoms. The lowest BCUT2D eigenvalue weighted by Crippen LogP contribution is -2.49. The number of carbonyl (C=O) groups is 2. The van der Waals surface area contributed by atoms with Crippen LogP contribution in [0.4, 0.5) is 4.79 Å². The van der Waals surface area contributed by atoms with Gasteiger partial charge in [0.05, 0.1) is 0 Å². The molecule has 2 N–H and O–H groups in total. The highest BCUT2D eigenvalue weighted by atomic mass is 16.4. The van der Waals surface area contributed by atoms with E-state index in [0.29, 0.717) is 18.9 Å². The van der Waals surface area contributed by atoms with Gasteiger partial charge in [-0.3, -0.25) is 0 Å². The molecule has 0 saturated heterocycles. The predicted molar refractivity (Wildman–Crippen MR) is 64.8 cm³/mol. The fourth-order valence-corrected chi connectivity index (χ4v) is 1.92. The number of carboxylic acids is 1. The van der Waals surface area contributed by atoms with Crippen LogP contribution in [0, 0.1) is 5.92 Å². The number of nitrogens with zero attached hydrogens (tertiary/aromatic N) is 1. The summed E-state index contributed by atoms with van der Waals surface area (Å²) in [5.41, 5.74) is 0. The minimum atomic E-state index is -0.972. The number of carbonyl (C=O) groups excluding carboxylic acids is 1. The summed E-state index contributed by atoms with van der Waals surface area (Å²) in [6, 6.07) is -1.04. The van der Waals surface area contributed by atoms with Crippen molar-refractivity contribution in [2.45, 2.75) is 45.6 Å². The van der Waals surface area contributed by atoms with Crippen molar-refractivity contribution in [1.82, 2.24) is 10.2 Å². The number of amides is 2. The van der Waals surface area contributed by atoms with Crippen LogP contribution in [0.5, 0.6) is 0 Å². The molecule has 0 aromatic rings. The van der Waals surface area contributed by atoms with E-state index in [1.54, 1.807) is 11.8 Å². The lowest BCUT2D eigenvalue weighted by molar-refractivity contribution is -0.139. The summed E-state index contributed by atoms with van der Waals surface area (Å²) in [7, 11) is 0. The highest BCUT2D eigenvalue weighted by Gasteiger charge is 2.25. The SMILES string of the molecule is CC[C@@H](NC(=O)N(CC)CC1CCC1)C(=O)O. The average molecular weight is 242 g/mol. The summed E-state index contributed by atoms with van der Waals surface area (Å²) in [5, 5.41) is 11.4. The summed E-state index contributed by atoms with van der Waals surface area (Å²) >= 11 is 0. The highest BCUT2D eigenvalue weighted by Crippen LogP contribution is 2.27. The Morgan fingerprint density at radius 1 is 1.41 bits per heavy atom. The second-order valence-corrected chi connectivity index (χ2v) is 4.58. The molecule has 0 radical (unpaired) electrons. The van der Waals surface area contributed by atoms with Crippen LogP contribution >= 0.6 is 0 Å². The van der Waals surface area contributed by atoms with E-state index in [1.807, 2.05) is 6.92 Å². The molecule has 0 aliphatic heterocycles. The normalized spacial score (nSPS) is 17.1. The molecule has 98 valence electrons. The average Bonchev–Trinajstić information content (AvgIpc) is 2.23. The van der Waals surface area contributed by atoms with Crippen molar-refractivity contribution in [1.29, 1.82) is 0 Å². The van der Waals surface area contributed by atoms with Crippen molar-refractivity contribution >= 4 is 12.0 Å². The Kier molecular flexibility index (Phi) is 5.25. The van der Waals surface area contributed by atoms with Gasteiger partial charge in [-0.25, -0.2) is 9.59 Å². The van der Waals surface area contributed by atoms with Crippen molar-refractivity contribution in [3.63, 3.8) is 0 Å². The van der Waals surface area contributed by atoms with Gasteiger partial charge in [0.2, 0.25) is 0 Å². The number of rotatable bonds is 6. The van der Waals surface area contributed by atoms with Gasteiger partial charge in [0.15, 0.2) is 0 Å². The molecule has 5 nitrogen and oxygen atoms in total. The van der Waals surface area contributed by atoms with E-state index >= 15 is 0 Å². The lowest BCUT2D eigenvalue weighted by atomic mass is 9.85. The van der Waals surface area contributed by atoms with E-state index in [2.05, 4.69) is 5.32 Å². The van der Waals surface area contributed by atoms with Crippen LogP contribution in [0.1, 0.15) is 39.5 Å². The van der Waals surface area contributed by atoms with Gasteiger partial charge in [-0.05, 0) is 32.1 Å². The van der Waals surface area contributed by atoms with E-state index in [-0.39, 0.29) is 6.03 Å². The summed E-state index contributed by atoms with van der Waals surface area (Å²) < 4.78 is 0. The highest BCUT2D eigenvalue weighted by molar-refractivity contribution is 5.82. The molecule has 2 amide bonds. The Bertz CT molecular complexity index is 277. The zero-order valence-electron chi connectivity index (χ0n) is 10.6. The second kappa shape index (κ2) is 6.47. The first-order valence-corrected chi connectivity index (χ1v) is 6.36. The van der Waals surface area contributed by atoms with Gasteiger partial charge in [-0.1, -0.05) is 13.3 Å². The molecule has 1 saturated carbocycles. The first kappa shape index (κ1) is 13.8. The van der Waals surface area contributed by atoms with Crippen molar-refractivity contribution in [3.8, 4) is 0 Å². The van der Waals surface area contributed by atoms with Gasteiger partial charge < -0.3 is 15.3 Å². The van der Waals surface area contributed by atoms with Crippen LogP contribution in [-0.2, 0) is 4.79 Å². The molecule has 0 aromatic carbocycles. The maximum Gasteiger partial charge on any atom is 0.326 e. The van der Waals surface area contributed by atoms with E-state index in [4.69, 9.17) is 5.11 Å². The molecule has 1 aliphatic carbocycles. The van der Waals surface area contributed by atoms with E-state index < -0.39 is 12.0 Å². The van der Waals surface area contributed by atoms with Crippen LogP contribution in [0.2, 0.25) is 0 Å². The summed E-state index contributed by atoms with van der Waals surface area (Å²) in [4.78, 5) is 24.4. The minimum absolute atomic E-state index is 0.256. The maximum atomic E-state index is 11.9.